The van der Waals surface area contributed by atoms with Gasteiger partial charge in [0.15, 0.2) is 0 Å². The van der Waals surface area contributed by atoms with Crippen molar-refractivity contribution in [1.82, 2.24) is 10.3 Å². The van der Waals surface area contributed by atoms with Gasteiger partial charge in [-0.1, -0.05) is 78.9 Å². The van der Waals surface area contributed by atoms with Gasteiger partial charge in [-0.2, -0.15) is 0 Å². The largest absolute Gasteiger partial charge is 0.396 e. The molecule has 3 N–H and O–H groups in total. The molecule has 0 aliphatic heterocycles. The molecular formula is C25H23N3O. The highest BCUT2D eigenvalue weighted by atomic mass is 16.1. The molecule has 0 aliphatic rings. The summed E-state index contributed by atoms with van der Waals surface area (Å²) in [5.41, 5.74) is 10.1. The number of nitrogens with zero attached hydrogens (tertiary/aromatic N) is 1. The van der Waals surface area contributed by atoms with Gasteiger partial charge < -0.3 is 11.1 Å². The van der Waals surface area contributed by atoms with Crippen LogP contribution >= 0.6 is 0 Å². The second-order valence-electron chi connectivity index (χ2n) is 7.58. The highest BCUT2D eigenvalue weighted by Crippen LogP contribution is 2.33. The van der Waals surface area contributed by atoms with E-state index < -0.39 is 5.54 Å². The number of hydrogen-bond acceptors (Lipinski definition) is 3. The maximum atomic E-state index is 13.4. The molecule has 0 saturated heterocycles. The van der Waals surface area contributed by atoms with Crippen molar-refractivity contribution >= 4 is 22.5 Å². The Hall–Kier alpha value is -3.66. The lowest BCUT2D eigenvalue weighted by molar-refractivity contribution is 0.0914. The molecule has 0 aliphatic carbocycles. The van der Waals surface area contributed by atoms with Crippen molar-refractivity contribution in [2.45, 2.75) is 19.4 Å². The third-order valence-electron chi connectivity index (χ3n) is 5.13. The number of amides is 1. The van der Waals surface area contributed by atoms with Gasteiger partial charge in [-0.05, 0) is 25.5 Å². The van der Waals surface area contributed by atoms with E-state index in [9.17, 15) is 4.79 Å². The molecule has 29 heavy (non-hydrogen) atoms. The van der Waals surface area contributed by atoms with E-state index in [1.54, 1.807) is 0 Å². The zero-order valence-corrected chi connectivity index (χ0v) is 16.5. The van der Waals surface area contributed by atoms with Crippen LogP contribution in [0.15, 0.2) is 84.9 Å². The van der Waals surface area contributed by atoms with Crippen molar-refractivity contribution in [2.24, 2.45) is 0 Å². The van der Waals surface area contributed by atoms with E-state index >= 15 is 0 Å². The topological polar surface area (TPSA) is 68.0 Å². The fraction of sp³-hybridized carbons (Fsp3) is 0.120. The molecule has 1 heterocycles. The van der Waals surface area contributed by atoms with Crippen molar-refractivity contribution in [3.63, 3.8) is 0 Å². The summed E-state index contributed by atoms with van der Waals surface area (Å²) >= 11 is 0. The number of rotatable bonds is 4. The first-order valence-electron chi connectivity index (χ1n) is 9.59. The Labute approximate surface area is 170 Å². The minimum Gasteiger partial charge on any atom is -0.396 e. The molecule has 0 atom stereocenters. The molecule has 0 saturated carbocycles. The minimum atomic E-state index is -0.554. The van der Waals surface area contributed by atoms with Crippen molar-refractivity contribution < 1.29 is 4.79 Å². The van der Waals surface area contributed by atoms with Crippen LogP contribution < -0.4 is 11.1 Å². The van der Waals surface area contributed by atoms with Gasteiger partial charge in [0.2, 0.25) is 0 Å². The number of nitrogens with two attached hydrogens (primary N) is 1. The normalized spacial score (nSPS) is 11.4. The average Bonchev–Trinajstić information content (AvgIpc) is 2.74. The molecule has 3 aromatic carbocycles. The fourth-order valence-corrected chi connectivity index (χ4v) is 3.56. The summed E-state index contributed by atoms with van der Waals surface area (Å²) < 4.78 is 0. The predicted octanol–water partition coefficient (Wildman–Crippen LogP) is 5.15. The van der Waals surface area contributed by atoms with E-state index in [0.717, 1.165) is 22.0 Å². The lowest BCUT2D eigenvalue weighted by Crippen LogP contribution is -2.41. The molecule has 4 heteroatoms. The van der Waals surface area contributed by atoms with Crippen LogP contribution in [0.3, 0.4) is 0 Å². The Bertz CT molecular complexity index is 1170. The van der Waals surface area contributed by atoms with Gasteiger partial charge in [-0.3, -0.25) is 4.79 Å². The van der Waals surface area contributed by atoms with E-state index in [1.807, 2.05) is 98.8 Å². The first kappa shape index (κ1) is 18.7. The number of nitrogen functional groups attached to an aromatic ring is 1. The number of nitrogens with one attached hydrogen (secondary N) is 1. The van der Waals surface area contributed by atoms with Gasteiger partial charge in [0.1, 0.15) is 0 Å². The average molecular weight is 381 g/mol. The molecule has 1 aromatic heterocycles. The lowest BCUT2D eigenvalue weighted by atomic mass is 9.93. The Morgan fingerprint density at radius 3 is 2.14 bits per heavy atom. The van der Waals surface area contributed by atoms with Gasteiger partial charge in [-0.25, -0.2) is 4.98 Å². The Kier molecular flexibility index (Phi) is 4.77. The van der Waals surface area contributed by atoms with Crippen LogP contribution in [0.1, 0.15) is 29.8 Å². The van der Waals surface area contributed by atoms with E-state index in [4.69, 9.17) is 10.7 Å². The molecule has 0 spiro atoms. The van der Waals surface area contributed by atoms with E-state index in [0.29, 0.717) is 16.9 Å². The summed E-state index contributed by atoms with van der Waals surface area (Å²) in [6.45, 7) is 3.97. The van der Waals surface area contributed by atoms with Crippen LogP contribution in [0.5, 0.6) is 0 Å². The standard InChI is InChI=1S/C25H23N3O/c1-25(2,18-13-7-4-8-14-18)28-24(29)21-19-15-9-10-16-20(19)27-23(22(21)26)17-11-5-3-6-12-17/h3-16H,26H2,1-2H3,(H,28,29). The van der Waals surface area contributed by atoms with Gasteiger partial charge >= 0.3 is 0 Å². The smallest absolute Gasteiger partial charge is 0.254 e. The number of benzene rings is 3. The van der Waals surface area contributed by atoms with Crippen molar-refractivity contribution in [3.8, 4) is 11.3 Å². The van der Waals surface area contributed by atoms with Gasteiger partial charge in [0.25, 0.3) is 5.91 Å². The summed E-state index contributed by atoms with van der Waals surface area (Å²) in [6.07, 6.45) is 0. The maximum absolute atomic E-state index is 13.4. The summed E-state index contributed by atoms with van der Waals surface area (Å²) in [5.74, 6) is -0.216. The van der Waals surface area contributed by atoms with Crippen molar-refractivity contribution in [2.75, 3.05) is 5.73 Å². The summed E-state index contributed by atoms with van der Waals surface area (Å²) in [4.78, 5) is 18.2. The molecule has 4 aromatic rings. The number of carbonyl (C=O) groups excluding carboxylic acids is 1. The van der Waals surface area contributed by atoms with Crippen LogP contribution in [0.25, 0.3) is 22.2 Å². The highest BCUT2D eigenvalue weighted by molar-refractivity contribution is 6.13. The molecule has 0 fully saturated rings. The number of fused-ring (bicyclic) bond motifs is 1. The number of anilines is 1. The Balaban J connectivity index is 1.84. The van der Waals surface area contributed by atoms with Crippen LogP contribution in [-0.2, 0) is 5.54 Å². The lowest BCUT2D eigenvalue weighted by Gasteiger charge is -2.27. The molecule has 0 unspecified atom stereocenters. The SMILES string of the molecule is CC(C)(NC(=O)c1c(N)c(-c2ccccc2)nc2ccccc12)c1ccccc1. The van der Waals surface area contributed by atoms with Crippen LogP contribution in [0.4, 0.5) is 5.69 Å². The maximum Gasteiger partial charge on any atom is 0.254 e. The number of hydrogen-bond donors (Lipinski definition) is 2. The quantitative estimate of drug-likeness (QED) is 0.514. The van der Waals surface area contributed by atoms with Gasteiger partial charge in [-0.15, -0.1) is 0 Å². The first-order chi connectivity index (χ1) is 14.0. The Morgan fingerprint density at radius 2 is 1.45 bits per heavy atom. The number of pyridine rings is 1. The van der Waals surface area contributed by atoms with E-state index in [2.05, 4.69) is 5.32 Å². The third kappa shape index (κ3) is 3.57. The van der Waals surface area contributed by atoms with Crippen LogP contribution in [0, 0.1) is 0 Å². The zero-order valence-electron chi connectivity index (χ0n) is 16.5. The van der Waals surface area contributed by atoms with Gasteiger partial charge in [0, 0.05) is 10.9 Å². The predicted molar refractivity (Wildman–Crippen MR) is 119 cm³/mol. The molecule has 0 radical (unpaired) electrons. The second-order valence-corrected chi connectivity index (χ2v) is 7.58. The summed E-state index contributed by atoms with van der Waals surface area (Å²) in [7, 11) is 0. The summed E-state index contributed by atoms with van der Waals surface area (Å²) in [5, 5.41) is 3.90. The van der Waals surface area contributed by atoms with Crippen molar-refractivity contribution in [3.05, 3.63) is 96.1 Å². The highest BCUT2D eigenvalue weighted by Gasteiger charge is 2.26. The van der Waals surface area contributed by atoms with Crippen LogP contribution in [0.2, 0.25) is 0 Å². The molecule has 4 nitrogen and oxygen atoms in total. The fourth-order valence-electron chi connectivity index (χ4n) is 3.56. The summed E-state index contributed by atoms with van der Waals surface area (Å²) in [6, 6.07) is 27.2. The number of aromatic nitrogens is 1. The monoisotopic (exact) mass is 381 g/mol. The number of carbonyl (C=O) groups is 1. The first-order valence-corrected chi connectivity index (χ1v) is 9.59. The second kappa shape index (κ2) is 7.40. The van der Waals surface area contributed by atoms with Crippen molar-refractivity contribution in [1.29, 1.82) is 0 Å². The third-order valence-corrected chi connectivity index (χ3v) is 5.13. The number of para-hydroxylation sites is 1. The van der Waals surface area contributed by atoms with Gasteiger partial charge in [0.05, 0.1) is 28.0 Å². The molecule has 0 bridgehead atoms. The van der Waals surface area contributed by atoms with Crippen LogP contribution in [-0.4, -0.2) is 10.9 Å². The van der Waals surface area contributed by atoms with E-state index in [1.165, 1.54) is 0 Å². The molecule has 1 amide bonds. The Morgan fingerprint density at radius 1 is 0.862 bits per heavy atom. The zero-order chi connectivity index (χ0) is 20.4. The molecule has 144 valence electrons. The minimum absolute atomic E-state index is 0.216. The molecular weight excluding hydrogens is 358 g/mol. The van der Waals surface area contributed by atoms with E-state index in [-0.39, 0.29) is 5.91 Å². The molecule has 4 rings (SSSR count).